The van der Waals surface area contributed by atoms with E-state index in [0.29, 0.717) is 30.5 Å². The van der Waals surface area contributed by atoms with Crippen LogP contribution in [0.1, 0.15) is 36.1 Å². The van der Waals surface area contributed by atoms with Gasteiger partial charge in [0, 0.05) is 24.5 Å². The van der Waals surface area contributed by atoms with Crippen LogP contribution in [0.25, 0.3) is 0 Å². The first kappa shape index (κ1) is 25.5. The summed E-state index contributed by atoms with van der Waals surface area (Å²) in [5.74, 6) is 0.0741. The number of carbonyl (C=O) groups excluding carboxylic acids is 2. The first-order valence-electron chi connectivity index (χ1n) is 11.7. The van der Waals surface area contributed by atoms with E-state index in [2.05, 4.69) is 19.2 Å². The number of nitrogens with one attached hydrogen (secondary N) is 1. The smallest absolute Gasteiger partial charge is 0.243 e. The maximum absolute atomic E-state index is 13.7. The van der Waals surface area contributed by atoms with Crippen LogP contribution in [0.3, 0.4) is 0 Å². The van der Waals surface area contributed by atoms with Crippen LogP contribution in [-0.4, -0.2) is 29.3 Å². The van der Waals surface area contributed by atoms with Crippen LogP contribution < -0.4 is 5.32 Å². The van der Waals surface area contributed by atoms with E-state index in [4.69, 9.17) is 11.6 Å². The number of benzene rings is 3. The molecule has 0 bridgehead atoms. The highest BCUT2D eigenvalue weighted by atomic mass is 35.5. The summed E-state index contributed by atoms with van der Waals surface area (Å²) in [6.07, 6.45) is 0.618. The van der Waals surface area contributed by atoms with E-state index in [1.165, 1.54) is 0 Å². The Kier molecular flexibility index (Phi) is 9.29. The molecule has 3 rings (SSSR count). The SMILES string of the molecule is Cc1ccccc1CN(C(=O)Cc1cccc(Cl)c1)C(Cc1ccccc1)C(=O)NCC(C)C. The van der Waals surface area contributed by atoms with Crippen molar-refractivity contribution < 1.29 is 9.59 Å². The second kappa shape index (κ2) is 12.4. The average molecular weight is 477 g/mol. The normalized spacial score (nSPS) is 11.8. The van der Waals surface area contributed by atoms with Crippen molar-refractivity contribution in [3.63, 3.8) is 0 Å². The summed E-state index contributed by atoms with van der Waals surface area (Å²) in [6.45, 7) is 7.06. The van der Waals surface area contributed by atoms with Crippen molar-refractivity contribution in [2.45, 2.75) is 46.2 Å². The Labute approximate surface area is 207 Å². The largest absolute Gasteiger partial charge is 0.354 e. The van der Waals surface area contributed by atoms with E-state index in [-0.39, 0.29) is 18.2 Å². The zero-order chi connectivity index (χ0) is 24.5. The zero-order valence-corrected chi connectivity index (χ0v) is 20.9. The van der Waals surface area contributed by atoms with Gasteiger partial charge < -0.3 is 10.2 Å². The minimum atomic E-state index is -0.632. The van der Waals surface area contributed by atoms with Crippen molar-refractivity contribution in [2.24, 2.45) is 5.92 Å². The number of rotatable bonds is 10. The number of halogens is 1. The minimum absolute atomic E-state index is 0.105. The quantitative estimate of drug-likeness (QED) is 0.414. The van der Waals surface area contributed by atoms with E-state index >= 15 is 0 Å². The molecule has 4 nitrogen and oxygen atoms in total. The molecule has 3 aromatic carbocycles. The monoisotopic (exact) mass is 476 g/mol. The van der Waals surface area contributed by atoms with Crippen LogP contribution >= 0.6 is 11.6 Å². The van der Waals surface area contributed by atoms with Crippen molar-refractivity contribution in [3.05, 3.63) is 106 Å². The molecule has 1 N–H and O–H groups in total. The van der Waals surface area contributed by atoms with Crippen molar-refractivity contribution in [3.8, 4) is 0 Å². The summed E-state index contributed by atoms with van der Waals surface area (Å²) >= 11 is 6.16. The maximum atomic E-state index is 13.7. The van der Waals surface area contributed by atoms with Crippen LogP contribution in [0.15, 0.2) is 78.9 Å². The summed E-state index contributed by atoms with van der Waals surface area (Å²) in [5.41, 5.74) is 3.95. The average Bonchev–Trinajstić information content (AvgIpc) is 2.81. The molecule has 2 amide bonds. The van der Waals surface area contributed by atoms with Gasteiger partial charge in [-0.25, -0.2) is 0 Å². The number of amides is 2. The molecule has 178 valence electrons. The van der Waals surface area contributed by atoms with Gasteiger partial charge in [0.1, 0.15) is 6.04 Å². The molecule has 0 fully saturated rings. The molecule has 0 aliphatic carbocycles. The number of hydrogen-bond acceptors (Lipinski definition) is 2. The molecule has 0 aliphatic rings. The van der Waals surface area contributed by atoms with Gasteiger partial charge in [-0.05, 0) is 47.2 Å². The van der Waals surface area contributed by atoms with Gasteiger partial charge in [-0.3, -0.25) is 9.59 Å². The second-order valence-corrected chi connectivity index (χ2v) is 9.54. The second-order valence-electron chi connectivity index (χ2n) is 9.10. The third kappa shape index (κ3) is 7.46. The van der Waals surface area contributed by atoms with E-state index in [0.717, 1.165) is 22.3 Å². The first-order chi connectivity index (χ1) is 16.3. The van der Waals surface area contributed by atoms with Gasteiger partial charge in [-0.2, -0.15) is 0 Å². The van der Waals surface area contributed by atoms with Gasteiger partial charge in [0.2, 0.25) is 11.8 Å². The molecule has 0 radical (unpaired) electrons. The Morgan fingerprint density at radius 3 is 2.26 bits per heavy atom. The molecule has 0 saturated heterocycles. The van der Waals surface area contributed by atoms with Crippen molar-refractivity contribution in [1.29, 1.82) is 0 Å². The van der Waals surface area contributed by atoms with Crippen molar-refractivity contribution in [1.82, 2.24) is 10.2 Å². The molecule has 3 aromatic rings. The Morgan fingerprint density at radius 1 is 0.912 bits per heavy atom. The Morgan fingerprint density at radius 2 is 1.59 bits per heavy atom. The highest BCUT2D eigenvalue weighted by Gasteiger charge is 2.30. The standard InChI is InChI=1S/C29H33ClN2O2/c1-21(2)19-31-29(34)27(17-23-11-5-4-6-12-23)32(20-25-14-8-7-10-22(25)3)28(33)18-24-13-9-15-26(30)16-24/h4-16,21,27H,17-20H2,1-3H3,(H,31,34). The van der Waals surface area contributed by atoms with Gasteiger partial charge >= 0.3 is 0 Å². The van der Waals surface area contributed by atoms with Gasteiger partial charge in [-0.15, -0.1) is 0 Å². The maximum Gasteiger partial charge on any atom is 0.243 e. The Balaban J connectivity index is 1.97. The van der Waals surface area contributed by atoms with E-state index < -0.39 is 6.04 Å². The molecule has 0 aliphatic heterocycles. The van der Waals surface area contributed by atoms with Crippen LogP contribution in [0.2, 0.25) is 5.02 Å². The third-order valence-electron chi connectivity index (χ3n) is 5.80. The zero-order valence-electron chi connectivity index (χ0n) is 20.1. The summed E-state index contributed by atoms with van der Waals surface area (Å²) in [7, 11) is 0. The lowest BCUT2D eigenvalue weighted by Crippen LogP contribution is -2.51. The number of hydrogen-bond donors (Lipinski definition) is 1. The lowest BCUT2D eigenvalue weighted by molar-refractivity contribution is -0.140. The Hall–Kier alpha value is -3.11. The highest BCUT2D eigenvalue weighted by Crippen LogP contribution is 2.19. The molecule has 34 heavy (non-hydrogen) atoms. The van der Waals surface area contributed by atoms with E-state index in [1.807, 2.05) is 73.7 Å². The molecule has 1 atom stereocenters. The molecular weight excluding hydrogens is 444 g/mol. The minimum Gasteiger partial charge on any atom is -0.354 e. The van der Waals surface area contributed by atoms with Crippen LogP contribution in [-0.2, 0) is 29.0 Å². The van der Waals surface area contributed by atoms with Crippen LogP contribution in [0, 0.1) is 12.8 Å². The van der Waals surface area contributed by atoms with Gasteiger partial charge in [0.15, 0.2) is 0 Å². The van der Waals surface area contributed by atoms with Crippen molar-refractivity contribution in [2.75, 3.05) is 6.54 Å². The summed E-state index contributed by atoms with van der Waals surface area (Å²) in [6, 6.07) is 24.5. The molecule has 1 unspecified atom stereocenters. The highest BCUT2D eigenvalue weighted by molar-refractivity contribution is 6.30. The van der Waals surface area contributed by atoms with E-state index in [1.54, 1.807) is 17.0 Å². The molecule has 0 heterocycles. The molecule has 5 heteroatoms. The molecule has 0 saturated carbocycles. The number of nitrogens with zero attached hydrogens (tertiary/aromatic N) is 1. The third-order valence-corrected chi connectivity index (χ3v) is 6.04. The van der Waals surface area contributed by atoms with Crippen molar-refractivity contribution >= 4 is 23.4 Å². The fraction of sp³-hybridized carbons (Fsp3) is 0.310. The van der Waals surface area contributed by atoms with Gasteiger partial charge in [0.05, 0.1) is 6.42 Å². The predicted molar refractivity (Wildman–Crippen MR) is 139 cm³/mol. The fourth-order valence-electron chi connectivity index (χ4n) is 3.87. The predicted octanol–water partition coefficient (Wildman–Crippen LogP) is 5.60. The van der Waals surface area contributed by atoms with Gasteiger partial charge in [0.25, 0.3) is 0 Å². The topological polar surface area (TPSA) is 49.4 Å². The Bertz CT molecular complexity index is 1100. The van der Waals surface area contributed by atoms with Crippen LogP contribution in [0.5, 0.6) is 0 Å². The fourth-order valence-corrected chi connectivity index (χ4v) is 4.08. The van der Waals surface area contributed by atoms with Gasteiger partial charge in [-0.1, -0.05) is 92.2 Å². The summed E-state index contributed by atoms with van der Waals surface area (Å²) in [5, 5.41) is 3.65. The lowest BCUT2D eigenvalue weighted by Gasteiger charge is -2.32. The first-order valence-corrected chi connectivity index (χ1v) is 12.1. The lowest BCUT2D eigenvalue weighted by atomic mass is 10.00. The molecule has 0 aromatic heterocycles. The van der Waals surface area contributed by atoms with E-state index in [9.17, 15) is 9.59 Å². The molecule has 0 spiro atoms. The van der Waals surface area contributed by atoms with Crippen LogP contribution in [0.4, 0.5) is 0 Å². The summed E-state index contributed by atoms with van der Waals surface area (Å²) in [4.78, 5) is 28.9. The number of aryl methyl sites for hydroxylation is 1. The molecular formula is C29H33ClN2O2. The summed E-state index contributed by atoms with van der Waals surface area (Å²) < 4.78 is 0. The number of carbonyl (C=O) groups is 2.